The number of nitrogens with two attached hydrogens (primary N) is 1. The predicted octanol–water partition coefficient (Wildman–Crippen LogP) is 3.62. The Morgan fingerprint density at radius 3 is 2.60 bits per heavy atom. The van der Waals surface area contributed by atoms with Crippen LogP contribution in [0, 0.1) is 5.82 Å². The molecule has 8 heteroatoms. The van der Waals surface area contributed by atoms with E-state index in [1.165, 1.54) is 6.07 Å². The summed E-state index contributed by atoms with van der Waals surface area (Å²) in [6, 6.07) is 8.61. The molecule has 0 radical (unpaired) electrons. The Balaban J connectivity index is 2.46. The molecule has 0 atom stereocenters. The average Bonchev–Trinajstić information content (AvgIpc) is 2.33. The van der Waals surface area contributed by atoms with Gasteiger partial charge >= 0.3 is 0 Å². The smallest absolute Gasteiger partial charge is 0.264 e. The first kappa shape index (κ1) is 15.1. The van der Waals surface area contributed by atoms with Crippen LogP contribution in [0.25, 0.3) is 0 Å². The number of rotatable bonds is 3. The van der Waals surface area contributed by atoms with Gasteiger partial charge in [0.2, 0.25) is 0 Å². The van der Waals surface area contributed by atoms with E-state index in [1.54, 1.807) is 18.2 Å². The van der Waals surface area contributed by atoms with Crippen molar-refractivity contribution in [1.82, 2.24) is 0 Å². The fraction of sp³-hybridized carbons (Fsp3) is 0. The van der Waals surface area contributed by atoms with Gasteiger partial charge in [0.05, 0.1) is 5.69 Å². The van der Waals surface area contributed by atoms with Crippen LogP contribution < -0.4 is 10.5 Å². The van der Waals surface area contributed by atoms with Gasteiger partial charge in [-0.2, -0.15) is 0 Å². The van der Waals surface area contributed by atoms with E-state index in [0.29, 0.717) is 4.47 Å². The lowest BCUT2D eigenvalue weighted by atomic mass is 10.3. The topological polar surface area (TPSA) is 72.2 Å². The number of nitrogens with one attached hydrogen (secondary N) is 1. The molecule has 0 unspecified atom stereocenters. The minimum Gasteiger partial charge on any atom is -0.396 e. The van der Waals surface area contributed by atoms with Crippen molar-refractivity contribution in [3.05, 3.63) is 51.7 Å². The summed E-state index contributed by atoms with van der Waals surface area (Å²) in [6.45, 7) is 0. The van der Waals surface area contributed by atoms with E-state index in [9.17, 15) is 12.8 Å². The molecule has 0 spiro atoms. The van der Waals surface area contributed by atoms with Crippen LogP contribution >= 0.6 is 27.5 Å². The molecule has 2 aromatic carbocycles. The zero-order chi connectivity index (χ0) is 14.9. The van der Waals surface area contributed by atoms with Crippen LogP contribution in [0.15, 0.2) is 45.8 Å². The third kappa shape index (κ3) is 3.23. The second-order valence-corrected chi connectivity index (χ2v) is 6.93. The summed E-state index contributed by atoms with van der Waals surface area (Å²) in [5.74, 6) is -1.03. The van der Waals surface area contributed by atoms with Crippen molar-refractivity contribution in [1.29, 1.82) is 0 Å². The van der Waals surface area contributed by atoms with Gasteiger partial charge in [-0.1, -0.05) is 33.6 Å². The lowest BCUT2D eigenvalue weighted by Gasteiger charge is -2.10. The highest BCUT2D eigenvalue weighted by molar-refractivity contribution is 9.10. The van der Waals surface area contributed by atoms with Crippen molar-refractivity contribution in [3.8, 4) is 0 Å². The van der Waals surface area contributed by atoms with Gasteiger partial charge in [0.15, 0.2) is 5.82 Å². The van der Waals surface area contributed by atoms with E-state index < -0.39 is 20.7 Å². The molecule has 0 heterocycles. The van der Waals surface area contributed by atoms with Crippen molar-refractivity contribution >= 4 is 48.9 Å². The van der Waals surface area contributed by atoms with E-state index >= 15 is 0 Å². The molecule has 3 N–H and O–H groups in total. The first-order valence-corrected chi connectivity index (χ1v) is 7.98. The SMILES string of the molecule is Nc1cc(Cl)cc(S(=O)(=O)Nc2cccc(Br)c2)c1F. The van der Waals surface area contributed by atoms with Crippen molar-refractivity contribution < 1.29 is 12.8 Å². The Labute approximate surface area is 128 Å². The molecule has 0 bridgehead atoms. The van der Waals surface area contributed by atoms with Crippen molar-refractivity contribution in [2.45, 2.75) is 4.90 Å². The lowest BCUT2D eigenvalue weighted by molar-refractivity contribution is 0.573. The van der Waals surface area contributed by atoms with Crippen LogP contribution in [0.5, 0.6) is 0 Å². The molecule has 0 saturated carbocycles. The van der Waals surface area contributed by atoms with Crippen LogP contribution in [0.1, 0.15) is 0 Å². The number of hydrogen-bond donors (Lipinski definition) is 2. The number of hydrogen-bond acceptors (Lipinski definition) is 3. The van der Waals surface area contributed by atoms with Gasteiger partial charge < -0.3 is 5.73 Å². The molecule has 4 nitrogen and oxygen atoms in total. The molecule has 0 fully saturated rings. The number of sulfonamides is 1. The number of halogens is 3. The molecule has 0 aliphatic carbocycles. The Hall–Kier alpha value is -1.31. The minimum atomic E-state index is -4.12. The average molecular weight is 380 g/mol. The maximum atomic E-state index is 13.8. The quantitative estimate of drug-likeness (QED) is 0.800. The van der Waals surface area contributed by atoms with Gasteiger partial charge in [0, 0.05) is 15.2 Å². The fourth-order valence-electron chi connectivity index (χ4n) is 1.54. The van der Waals surface area contributed by atoms with Gasteiger partial charge in [0.1, 0.15) is 4.90 Å². The van der Waals surface area contributed by atoms with Crippen LogP contribution in [0.4, 0.5) is 15.8 Å². The standard InChI is InChI=1S/C12H9BrClFN2O2S/c13-7-2-1-3-9(4-7)17-20(18,19)11-6-8(14)5-10(16)12(11)15/h1-6,17H,16H2. The van der Waals surface area contributed by atoms with Gasteiger partial charge in [-0.25, -0.2) is 12.8 Å². The normalized spacial score (nSPS) is 11.3. The Morgan fingerprint density at radius 2 is 1.95 bits per heavy atom. The third-order valence-electron chi connectivity index (χ3n) is 2.40. The summed E-state index contributed by atoms with van der Waals surface area (Å²) in [4.78, 5) is -0.595. The van der Waals surface area contributed by atoms with Crippen LogP contribution in [-0.2, 0) is 10.0 Å². The second kappa shape index (κ2) is 5.59. The van der Waals surface area contributed by atoms with Gasteiger partial charge in [-0.05, 0) is 30.3 Å². The van der Waals surface area contributed by atoms with Crippen LogP contribution in [-0.4, -0.2) is 8.42 Å². The van der Waals surface area contributed by atoms with E-state index in [4.69, 9.17) is 17.3 Å². The minimum absolute atomic E-state index is 0.0403. The molecule has 0 aliphatic rings. The zero-order valence-corrected chi connectivity index (χ0v) is 13.1. The first-order valence-electron chi connectivity index (χ1n) is 5.32. The van der Waals surface area contributed by atoms with Crippen LogP contribution in [0.2, 0.25) is 5.02 Å². The first-order chi connectivity index (χ1) is 9.29. The maximum absolute atomic E-state index is 13.8. The molecular formula is C12H9BrClFN2O2S. The Morgan fingerprint density at radius 1 is 1.25 bits per heavy atom. The summed E-state index contributed by atoms with van der Waals surface area (Å²) in [5, 5.41) is 0.0403. The summed E-state index contributed by atoms with van der Waals surface area (Å²) >= 11 is 8.92. The fourth-order valence-corrected chi connectivity index (χ4v) is 3.42. The predicted molar refractivity (Wildman–Crippen MR) is 80.8 cm³/mol. The number of nitrogen functional groups attached to an aromatic ring is 1. The third-order valence-corrected chi connectivity index (χ3v) is 4.49. The maximum Gasteiger partial charge on any atom is 0.264 e. The Bertz CT molecular complexity index is 768. The van der Waals surface area contributed by atoms with Crippen molar-refractivity contribution in [3.63, 3.8) is 0 Å². The highest BCUT2D eigenvalue weighted by Crippen LogP contribution is 2.27. The van der Waals surface area contributed by atoms with Gasteiger partial charge in [-0.3, -0.25) is 4.72 Å². The zero-order valence-electron chi connectivity index (χ0n) is 9.90. The molecule has 2 aromatic rings. The van der Waals surface area contributed by atoms with Crippen molar-refractivity contribution in [2.75, 3.05) is 10.5 Å². The van der Waals surface area contributed by atoms with E-state index in [0.717, 1.165) is 12.1 Å². The Kier molecular flexibility index (Phi) is 4.22. The van der Waals surface area contributed by atoms with Crippen molar-refractivity contribution in [2.24, 2.45) is 0 Å². The largest absolute Gasteiger partial charge is 0.396 e. The second-order valence-electron chi connectivity index (χ2n) is 3.92. The highest BCUT2D eigenvalue weighted by atomic mass is 79.9. The highest BCUT2D eigenvalue weighted by Gasteiger charge is 2.22. The monoisotopic (exact) mass is 378 g/mol. The van der Waals surface area contributed by atoms with Crippen LogP contribution in [0.3, 0.4) is 0 Å². The van der Waals surface area contributed by atoms with E-state index in [1.807, 2.05) is 0 Å². The number of anilines is 2. The molecule has 0 aromatic heterocycles. The lowest BCUT2D eigenvalue weighted by Crippen LogP contribution is -2.15. The molecular weight excluding hydrogens is 371 g/mol. The summed E-state index contributed by atoms with van der Waals surface area (Å²) < 4.78 is 41.1. The summed E-state index contributed by atoms with van der Waals surface area (Å²) in [5.41, 5.74) is 5.34. The van der Waals surface area contributed by atoms with Gasteiger partial charge in [-0.15, -0.1) is 0 Å². The molecule has 0 amide bonds. The molecule has 0 saturated heterocycles. The molecule has 106 valence electrons. The summed E-state index contributed by atoms with van der Waals surface area (Å²) in [6.07, 6.45) is 0. The van der Waals surface area contributed by atoms with E-state index in [-0.39, 0.29) is 16.4 Å². The molecule has 20 heavy (non-hydrogen) atoms. The molecule has 2 rings (SSSR count). The summed E-state index contributed by atoms with van der Waals surface area (Å²) in [7, 11) is -4.12. The van der Waals surface area contributed by atoms with E-state index in [2.05, 4.69) is 20.7 Å². The number of benzene rings is 2. The van der Waals surface area contributed by atoms with Gasteiger partial charge in [0.25, 0.3) is 10.0 Å². The molecule has 0 aliphatic heterocycles.